The SMILES string of the molecule is C#CCN(C(=O)CCc1cc(F)ccc1F)[C@@H]1CCS(=O)(=O)C1. The summed E-state index contributed by atoms with van der Waals surface area (Å²) in [7, 11) is -3.14. The lowest BCUT2D eigenvalue weighted by atomic mass is 10.1. The topological polar surface area (TPSA) is 54.5 Å². The fourth-order valence-corrected chi connectivity index (χ4v) is 4.39. The van der Waals surface area contributed by atoms with Crippen LogP contribution < -0.4 is 0 Å². The molecule has 1 aromatic rings. The van der Waals surface area contributed by atoms with Crippen molar-refractivity contribution in [2.24, 2.45) is 0 Å². The summed E-state index contributed by atoms with van der Waals surface area (Å²) < 4.78 is 49.8. The lowest BCUT2D eigenvalue weighted by Gasteiger charge is -2.26. The zero-order valence-corrected chi connectivity index (χ0v) is 13.3. The molecule has 23 heavy (non-hydrogen) atoms. The van der Waals surface area contributed by atoms with Crippen molar-refractivity contribution >= 4 is 15.7 Å². The second-order valence-electron chi connectivity index (χ2n) is 5.52. The molecule has 0 aromatic heterocycles. The summed E-state index contributed by atoms with van der Waals surface area (Å²) >= 11 is 0. The number of aryl methyl sites for hydroxylation is 1. The Bertz CT molecular complexity index is 740. The van der Waals surface area contributed by atoms with Crippen LogP contribution in [0.25, 0.3) is 0 Å². The second-order valence-corrected chi connectivity index (χ2v) is 7.75. The van der Waals surface area contributed by atoms with Crippen molar-refractivity contribution in [1.82, 2.24) is 4.90 Å². The van der Waals surface area contributed by atoms with Gasteiger partial charge in [0.15, 0.2) is 9.84 Å². The molecular weight excluding hydrogens is 324 g/mol. The Kier molecular flexibility index (Phi) is 5.37. The van der Waals surface area contributed by atoms with Crippen LogP contribution in [0.1, 0.15) is 18.4 Å². The van der Waals surface area contributed by atoms with Gasteiger partial charge in [0, 0.05) is 12.5 Å². The molecule has 0 bridgehead atoms. The molecule has 1 atom stereocenters. The molecule has 0 N–H and O–H groups in total. The third-order valence-corrected chi connectivity index (χ3v) is 5.60. The molecule has 0 saturated carbocycles. The maximum Gasteiger partial charge on any atom is 0.223 e. The van der Waals surface area contributed by atoms with Crippen LogP contribution in [0.4, 0.5) is 8.78 Å². The van der Waals surface area contributed by atoms with E-state index in [2.05, 4.69) is 5.92 Å². The van der Waals surface area contributed by atoms with Crippen LogP contribution in [0.3, 0.4) is 0 Å². The molecule has 1 amide bonds. The molecule has 1 fully saturated rings. The molecule has 7 heteroatoms. The van der Waals surface area contributed by atoms with Crippen LogP contribution in [-0.2, 0) is 21.1 Å². The minimum atomic E-state index is -3.14. The van der Waals surface area contributed by atoms with E-state index in [1.165, 1.54) is 4.90 Å². The Morgan fingerprint density at radius 2 is 2.13 bits per heavy atom. The number of hydrogen-bond acceptors (Lipinski definition) is 3. The highest BCUT2D eigenvalue weighted by Gasteiger charge is 2.34. The van der Waals surface area contributed by atoms with Gasteiger partial charge in [0.1, 0.15) is 11.6 Å². The highest BCUT2D eigenvalue weighted by Crippen LogP contribution is 2.19. The van der Waals surface area contributed by atoms with Crippen molar-refractivity contribution < 1.29 is 22.0 Å². The molecule has 0 unspecified atom stereocenters. The molecule has 1 aliphatic heterocycles. The molecule has 4 nitrogen and oxygen atoms in total. The van der Waals surface area contributed by atoms with Crippen LogP contribution in [0.15, 0.2) is 18.2 Å². The van der Waals surface area contributed by atoms with Crippen molar-refractivity contribution in [2.75, 3.05) is 18.1 Å². The Morgan fingerprint density at radius 3 is 2.74 bits per heavy atom. The van der Waals surface area contributed by atoms with Gasteiger partial charge >= 0.3 is 0 Å². The lowest BCUT2D eigenvalue weighted by molar-refractivity contribution is -0.132. The largest absolute Gasteiger partial charge is 0.328 e. The summed E-state index contributed by atoms with van der Waals surface area (Å²) in [5.41, 5.74) is 0.109. The fourth-order valence-electron chi connectivity index (χ4n) is 2.66. The van der Waals surface area contributed by atoms with Crippen LogP contribution in [0.5, 0.6) is 0 Å². The van der Waals surface area contributed by atoms with E-state index in [9.17, 15) is 22.0 Å². The number of rotatable bonds is 5. The zero-order valence-electron chi connectivity index (χ0n) is 12.5. The molecule has 2 rings (SSSR count). The third kappa shape index (κ3) is 4.52. The minimum Gasteiger partial charge on any atom is -0.328 e. The Morgan fingerprint density at radius 1 is 1.39 bits per heavy atom. The van der Waals surface area contributed by atoms with Gasteiger partial charge in [-0.05, 0) is 36.6 Å². The van der Waals surface area contributed by atoms with E-state index in [4.69, 9.17) is 6.42 Å². The number of hydrogen-bond donors (Lipinski definition) is 0. The number of halogens is 2. The number of amides is 1. The van der Waals surface area contributed by atoms with E-state index < -0.39 is 27.5 Å². The maximum absolute atomic E-state index is 13.6. The molecule has 1 saturated heterocycles. The summed E-state index contributed by atoms with van der Waals surface area (Å²) in [6, 6.07) is 2.63. The van der Waals surface area contributed by atoms with Gasteiger partial charge in [-0.3, -0.25) is 4.79 Å². The van der Waals surface area contributed by atoms with Crippen molar-refractivity contribution in [1.29, 1.82) is 0 Å². The van der Waals surface area contributed by atoms with Gasteiger partial charge in [-0.25, -0.2) is 17.2 Å². The van der Waals surface area contributed by atoms with Crippen LogP contribution in [0, 0.1) is 24.0 Å². The Labute approximate surface area is 134 Å². The van der Waals surface area contributed by atoms with Crippen molar-refractivity contribution in [3.05, 3.63) is 35.4 Å². The average Bonchev–Trinajstić information content (AvgIpc) is 2.85. The molecule has 1 aliphatic rings. The first-order chi connectivity index (χ1) is 10.8. The number of sulfone groups is 1. The molecule has 0 radical (unpaired) electrons. The van der Waals surface area contributed by atoms with Crippen molar-refractivity contribution in [3.8, 4) is 12.3 Å². The van der Waals surface area contributed by atoms with Gasteiger partial charge in [-0.2, -0.15) is 0 Å². The smallest absolute Gasteiger partial charge is 0.223 e. The second kappa shape index (κ2) is 7.09. The molecule has 1 heterocycles. The average molecular weight is 341 g/mol. The molecule has 0 spiro atoms. The highest BCUT2D eigenvalue weighted by molar-refractivity contribution is 7.91. The van der Waals surface area contributed by atoms with Crippen LogP contribution in [-0.4, -0.2) is 43.3 Å². The first kappa shape index (κ1) is 17.4. The van der Waals surface area contributed by atoms with Gasteiger partial charge in [-0.15, -0.1) is 6.42 Å². The van der Waals surface area contributed by atoms with E-state index in [0.29, 0.717) is 6.42 Å². The Balaban J connectivity index is 2.04. The summed E-state index contributed by atoms with van der Waals surface area (Å²) in [6.07, 6.45) is 5.58. The van der Waals surface area contributed by atoms with Gasteiger partial charge in [0.2, 0.25) is 5.91 Å². The molecule has 1 aromatic carbocycles. The van der Waals surface area contributed by atoms with Gasteiger partial charge in [-0.1, -0.05) is 5.92 Å². The monoisotopic (exact) mass is 341 g/mol. The number of benzene rings is 1. The predicted octanol–water partition coefficient (Wildman–Crippen LogP) is 1.55. The van der Waals surface area contributed by atoms with Gasteiger partial charge in [0.05, 0.1) is 18.1 Å². The summed E-state index contributed by atoms with van der Waals surface area (Å²) in [5.74, 6) is 0.774. The number of carbonyl (C=O) groups excluding carboxylic acids is 1. The minimum absolute atomic E-state index is 0.00462. The summed E-state index contributed by atoms with van der Waals surface area (Å²) in [4.78, 5) is 13.7. The van der Waals surface area contributed by atoms with Crippen LogP contribution in [0.2, 0.25) is 0 Å². The number of terminal acetylenes is 1. The van der Waals surface area contributed by atoms with Crippen LogP contribution >= 0.6 is 0 Å². The first-order valence-electron chi connectivity index (χ1n) is 7.19. The highest BCUT2D eigenvalue weighted by atomic mass is 32.2. The van der Waals surface area contributed by atoms with E-state index >= 15 is 0 Å². The van der Waals surface area contributed by atoms with E-state index in [1.54, 1.807) is 0 Å². The zero-order chi connectivity index (χ0) is 17.0. The third-order valence-electron chi connectivity index (χ3n) is 3.85. The maximum atomic E-state index is 13.6. The Hall–Kier alpha value is -1.94. The van der Waals surface area contributed by atoms with E-state index in [0.717, 1.165) is 18.2 Å². The summed E-state index contributed by atoms with van der Waals surface area (Å²) in [6.45, 7) is 0.00462. The fraction of sp³-hybridized carbons (Fsp3) is 0.438. The van der Waals surface area contributed by atoms with E-state index in [1.807, 2.05) is 0 Å². The number of carbonyl (C=O) groups is 1. The quantitative estimate of drug-likeness (QED) is 0.764. The summed E-state index contributed by atoms with van der Waals surface area (Å²) in [5, 5.41) is 0. The lowest BCUT2D eigenvalue weighted by Crippen LogP contribution is -2.41. The molecule has 124 valence electrons. The van der Waals surface area contributed by atoms with Gasteiger partial charge < -0.3 is 4.90 Å². The standard InChI is InChI=1S/C16H17F2NO3S/c1-2-8-19(14-7-9-23(21,22)11-14)16(20)6-3-12-10-13(17)4-5-15(12)18/h1,4-5,10,14H,3,6-9,11H2/t14-/m1/s1. The number of nitrogens with zero attached hydrogens (tertiary/aromatic N) is 1. The molecule has 0 aliphatic carbocycles. The first-order valence-corrected chi connectivity index (χ1v) is 9.02. The normalized spacial score (nSPS) is 19.3. The van der Waals surface area contributed by atoms with E-state index in [-0.39, 0.29) is 42.4 Å². The predicted molar refractivity (Wildman–Crippen MR) is 82.3 cm³/mol. The van der Waals surface area contributed by atoms with Crippen molar-refractivity contribution in [3.63, 3.8) is 0 Å². The molecular formula is C16H17F2NO3S. The van der Waals surface area contributed by atoms with Gasteiger partial charge in [0.25, 0.3) is 0 Å². The van der Waals surface area contributed by atoms with Crippen molar-refractivity contribution in [2.45, 2.75) is 25.3 Å².